The fourth-order valence-electron chi connectivity index (χ4n) is 8.04. The van der Waals surface area contributed by atoms with Gasteiger partial charge in [0.2, 0.25) is 11.6 Å². The largest absolute Gasteiger partial charge is 0.481 e. The summed E-state index contributed by atoms with van der Waals surface area (Å²) in [6, 6.07) is 0. The van der Waals surface area contributed by atoms with Crippen molar-refractivity contribution in [3.63, 3.8) is 0 Å². The van der Waals surface area contributed by atoms with Crippen LogP contribution >= 0.6 is 0 Å². The Kier molecular flexibility index (Phi) is 4.59. The van der Waals surface area contributed by atoms with Crippen LogP contribution in [-0.4, -0.2) is 45.8 Å². The van der Waals surface area contributed by atoms with Crippen molar-refractivity contribution in [1.82, 2.24) is 0 Å². The molecule has 4 aliphatic carbocycles. The maximum absolute atomic E-state index is 17.3. The molecule has 0 amide bonds. The number of carboxylic acid groups (broad SMARTS) is 1. The third-order valence-corrected chi connectivity index (χ3v) is 9.57. The second kappa shape index (κ2) is 6.61. The number of carbonyl (C=O) groups excluding carboxylic acids is 1. The predicted octanol–water partition coefficient (Wildman–Crippen LogP) is 3.76. The van der Waals surface area contributed by atoms with Crippen LogP contribution in [0.15, 0.2) is 11.6 Å². The number of carbonyl (C=O) groups is 2. The van der Waals surface area contributed by atoms with Gasteiger partial charge >= 0.3 is 5.97 Å². The summed E-state index contributed by atoms with van der Waals surface area (Å²) in [7, 11) is 0. The Bertz CT molecular complexity index is 849. The zero-order valence-corrected chi connectivity index (χ0v) is 18.5. The Balaban J connectivity index is 1.52. The van der Waals surface area contributed by atoms with Gasteiger partial charge in [-0.1, -0.05) is 32.8 Å². The van der Waals surface area contributed by atoms with Gasteiger partial charge in [-0.2, -0.15) is 0 Å². The van der Waals surface area contributed by atoms with Gasteiger partial charge in [0.1, 0.15) is 5.67 Å². The van der Waals surface area contributed by atoms with Gasteiger partial charge < -0.3 is 19.7 Å². The Morgan fingerprint density at radius 1 is 1.23 bits per heavy atom. The number of alkyl halides is 1. The van der Waals surface area contributed by atoms with Crippen molar-refractivity contribution in [3.8, 4) is 0 Å². The first kappa shape index (κ1) is 21.5. The van der Waals surface area contributed by atoms with E-state index in [-0.39, 0.29) is 24.5 Å². The van der Waals surface area contributed by atoms with Crippen LogP contribution in [0.25, 0.3) is 0 Å². The Morgan fingerprint density at radius 3 is 2.58 bits per heavy atom. The van der Waals surface area contributed by atoms with Gasteiger partial charge in [0.25, 0.3) is 0 Å². The van der Waals surface area contributed by atoms with Crippen molar-refractivity contribution < 1.29 is 33.7 Å². The first-order valence-electron chi connectivity index (χ1n) is 11.7. The van der Waals surface area contributed by atoms with Crippen LogP contribution in [0.1, 0.15) is 72.1 Å². The minimum atomic E-state index is -1.95. The van der Waals surface area contributed by atoms with E-state index in [0.717, 1.165) is 12.0 Å². The summed E-state index contributed by atoms with van der Waals surface area (Å²) < 4.78 is 29.1. The molecule has 0 aromatic heterocycles. The van der Waals surface area contributed by atoms with E-state index in [1.165, 1.54) is 6.08 Å². The molecule has 1 heterocycles. The van der Waals surface area contributed by atoms with Crippen LogP contribution in [0.3, 0.4) is 0 Å². The maximum Gasteiger partial charge on any atom is 0.307 e. The summed E-state index contributed by atoms with van der Waals surface area (Å²) in [4.78, 5) is 24.8. The molecule has 172 valence electrons. The Morgan fingerprint density at radius 2 is 1.94 bits per heavy atom. The molecular formula is C24H33FO6. The molecule has 1 spiro atoms. The second-order valence-corrected chi connectivity index (χ2v) is 11.0. The van der Waals surface area contributed by atoms with E-state index in [2.05, 4.69) is 0 Å². The number of halogens is 1. The number of ketones is 1. The van der Waals surface area contributed by atoms with Crippen LogP contribution in [0.4, 0.5) is 4.39 Å². The molecule has 2 N–H and O–H groups in total. The lowest BCUT2D eigenvalue weighted by Crippen LogP contribution is -2.71. The molecule has 4 fully saturated rings. The normalized spacial score (nSPS) is 53.3. The van der Waals surface area contributed by atoms with Gasteiger partial charge in [-0.25, -0.2) is 4.39 Å². The molecule has 0 aromatic rings. The summed E-state index contributed by atoms with van der Waals surface area (Å²) in [6.07, 6.45) is 3.70. The van der Waals surface area contributed by atoms with Crippen LogP contribution in [-0.2, 0) is 19.1 Å². The van der Waals surface area contributed by atoms with Crippen LogP contribution in [0, 0.1) is 28.6 Å². The van der Waals surface area contributed by atoms with Crippen molar-refractivity contribution in [3.05, 3.63) is 11.6 Å². The fourth-order valence-corrected chi connectivity index (χ4v) is 8.04. The van der Waals surface area contributed by atoms with Gasteiger partial charge in [-0.15, -0.1) is 0 Å². The molecular weight excluding hydrogens is 403 g/mol. The number of fused-ring (bicyclic) bond motifs is 5. The molecule has 6 nitrogen and oxygen atoms in total. The number of ether oxygens (including phenoxy) is 2. The molecule has 7 atom stereocenters. The Hall–Kier alpha value is -1.31. The average Bonchev–Trinajstić information content (AvgIpc) is 3.00. The zero-order chi connectivity index (χ0) is 22.4. The highest BCUT2D eigenvalue weighted by Gasteiger charge is 2.74. The highest BCUT2D eigenvalue weighted by atomic mass is 19.1. The predicted molar refractivity (Wildman–Crippen MR) is 109 cm³/mol. The van der Waals surface area contributed by atoms with Gasteiger partial charge in [0, 0.05) is 17.8 Å². The molecule has 1 aliphatic heterocycles. The van der Waals surface area contributed by atoms with Gasteiger partial charge in [0.05, 0.1) is 12.0 Å². The number of allylic oxidation sites excluding steroid dienone is 1. The third kappa shape index (κ3) is 2.54. The number of carboxylic acids is 1. The number of aliphatic carboxylic acids is 1. The van der Waals surface area contributed by atoms with E-state index in [1.807, 2.05) is 13.8 Å². The highest BCUT2D eigenvalue weighted by Crippen LogP contribution is 2.70. The van der Waals surface area contributed by atoms with E-state index in [0.29, 0.717) is 32.1 Å². The molecule has 31 heavy (non-hydrogen) atoms. The Labute approximate surface area is 182 Å². The van der Waals surface area contributed by atoms with Crippen LogP contribution in [0.2, 0.25) is 0 Å². The summed E-state index contributed by atoms with van der Waals surface area (Å²) in [5, 5.41) is 21.0. The second-order valence-electron chi connectivity index (χ2n) is 11.0. The van der Waals surface area contributed by atoms with E-state index in [1.54, 1.807) is 6.92 Å². The van der Waals surface area contributed by atoms with E-state index in [9.17, 15) is 19.8 Å². The van der Waals surface area contributed by atoms with E-state index in [4.69, 9.17) is 9.47 Å². The lowest BCUT2D eigenvalue weighted by molar-refractivity contribution is -0.439. The summed E-state index contributed by atoms with van der Waals surface area (Å²) in [5.74, 6) is -3.70. The molecule has 7 heteroatoms. The SMILES string of the molecule is CCCC1OC2(C[C@@]3(C)C(=CC2=O)CC[C@H]2[C@@H]4CC[C@H](C(=O)O)[C@@]4(C)C[C@H](O)[C@@]23F)O1. The average molecular weight is 437 g/mol. The van der Waals surface area contributed by atoms with Gasteiger partial charge in [0.15, 0.2) is 6.29 Å². The summed E-state index contributed by atoms with van der Waals surface area (Å²) >= 11 is 0. The molecule has 5 rings (SSSR count). The molecule has 5 aliphatic rings. The number of aliphatic hydroxyl groups excluding tert-OH is 1. The van der Waals surface area contributed by atoms with E-state index >= 15 is 4.39 Å². The molecule has 3 saturated carbocycles. The van der Waals surface area contributed by atoms with Crippen LogP contribution in [0.5, 0.6) is 0 Å². The maximum atomic E-state index is 17.3. The standard InChI is InChI=1S/C24H33FO6/c1-4-5-19-30-23(31-19)12-22(3)13(10-17(23)26)6-7-15-14-8-9-16(20(28)29)21(14,2)11-18(27)24(15,22)25/h10,14-16,18-19,27H,4-9,11-12H2,1-3H3,(H,28,29)/t14-,15-,16+,18-,19?,21-,22-,23?,24-/m0/s1. The van der Waals surface area contributed by atoms with Crippen molar-refractivity contribution in [2.75, 3.05) is 0 Å². The third-order valence-electron chi connectivity index (χ3n) is 9.57. The first-order valence-corrected chi connectivity index (χ1v) is 11.7. The van der Waals surface area contributed by atoms with Crippen molar-refractivity contribution >= 4 is 11.8 Å². The van der Waals surface area contributed by atoms with Crippen LogP contribution < -0.4 is 0 Å². The monoisotopic (exact) mass is 436 g/mol. The van der Waals surface area contributed by atoms with E-state index < -0.39 is 52.5 Å². The number of hydrogen-bond donors (Lipinski definition) is 2. The number of rotatable bonds is 3. The quantitative estimate of drug-likeness (QED) is 0.700. The van der Waals surface area contributed by atoms with Gasteiger partial charge in [-0.05, 0) is 55.9 Å². The molecule has 0 aromatic carbocycles. The lowest BCUT2D eigenvalue weighted by Gasteiger charge is -2.65. The molecule has 0 radical (unpaired) electrons. The minimum Gasteiger partial charge on any atom is -0.481 e. The fraction of sp³-hybridized carbons (Fsp3) is 0.833. The number of aliphatic hydroxyl groups is 1. The van der Waals surface area contributed by atoms with Crippen molar-refractivity contribution in [2.24, 2.45) is 28.6 Å². The highest BCUT2D eigenvalue weighted by molar-refractivity contribution is 5.98. The first-order chi connectivity index (χ1) is 14.5. The molecule has 0 unspecified atom stereocenters. The summed E-state index contributed by atoms with van der Waals surface area (Å²) in [5.41, 5.74) is -2.95. The number of hydrogen-bond acceptors (Lipinski definition) is 5. The van der Waals surface area contributed by atoms with Crippen molar-refractivity contribution in [2.45, 2.75) is 96.0 Å². The zero-order valence-electron chi connectivity index (χ0n) is 18.5. The molecule has 1 saturated heterocycles. The smallest absolute Gasteiger partial charge is 0.307 e. The topological polar surface area (TPSA) is 93.1 Å². The molecule has 0 bridgehead atoms. The van der Waals surface area contributed by atoms with Crippen molar-refractivity contribution in [1.29, 1.82) is 0 Å². The van der Waals surface area contributed by atoms with Gasteiger partial charge in [-0.3, -0.25) is 9.59 Å². The summed E-state index contributed by atoms with van der Waals surface area (Å²) in [6.45, 7) is 5.72. The lowest BCUT2D eigenvalue weighted by atomic mass is 9.44. The minimum absolute atomic E-state index is 0.0563.